The Bertz CT molecular complexity index is 1520. The molecule has 0 amide bonds. The van der Waals surface area contributed by atoms with E-state index < -0.39 is 11.1 Å². The second kappa shape index (κ2) is 8.88. The number of hydrogen-bond donors (Lipinski definition) is 2. The van der Waals surface area contributed by atoms with Crippen molar-refractivity contribution < 1.29 is 14.2 Å². The minimum absolute atomic E-state index is 0.105. The van der Waals surface area contributed by atoms with Crippen LogP contribution >= 0.6 is 0 Å². The molecule has 0 atom stereocenters. The Morgan fingerprint density at radius 3 is 2.39 bits per heavy atom. The highest BCUT2D eigenvalue weighted by atomic mass is 16.7. The Labute approximate surface area is 187 Å². The first kappa shape index (κ1) is 20.3. The van der Waals surface area contributed by atoms with Gasteiger partial charge in [-0.3, -0.25) is 14.6 Å². The smallest absolute Gasteiger partial charge is 0.272 e. The summed E-state index contributed by atoms with van der Waals surface area (Å²) in [7, 11) is 0. The van der Waals surface area contributed by atoms with E-state index in [0.717, 1.165) is 5.56 Å². The number of rotatable bonds is 5. The van der Waals surface area contributed by atoms with Crippen LogP contribution < -0.4 is 36.0 Å². The molecule has 2 aromatic heterocycles. The highest BCUT2D eigenvalue weighted by molar-refractivity contribution is 5.55. The summed E-state index contributed by atoms with van der Waals surface area (Å²) in [6.45, 7) is 0.592. The Kier molecular flexibility index (Phi) is 5.47. The van der Waals surface area contributed by atoms with Crippen molar-refractivity contribution in [2.45, 2.75) is 6.61 Å². The lowest BCUT2D eigenvalue weighted by molar-refractivity contribution is 0.174. The number of hydrogen-bond acceptors (Lipinski definition) is 6. The first-order valence-electron chi connectivity index (χ1n) is 10.2. The summed E-state index contributed by atoms with van der Waals surface area (Å²) in [4.78, 5) is 34.6. The van der Waals surface area contributed by atoms with Crippen LogP contribution in [0.5, 0.6) is 17.2 Å². The van der Waals surface area contributed by atoms with Crippen LogP contribution in [0.3, 0.4) is 0 Å². The van der Waals surface area contributed by atoms with Crippen LogP contribution in [-0.4, -0.2) is 21.7 Å². The minimum atomic E-state index is -0.437. The molecule has 0 saturated carbocycles. The van der Waals surface area contributed by atoms with Gasteiger partial charge in [0.2, 0.25) is 6.79 Å². The quantitative estimate of drug-likeness (QED) is 0.485. The van der Waals surface area contributed by atoms with E-state index in [-0.39, 0.29) is 17.5 Å². The van der Waals surface area contributed by atoms with Crippen LogP contribution in [0, 0.1) is 0 Å². The van der Waals surface area contributed by atoms with Crippen molar-refractivity contribution in [2.24, 2.45) is 0 Å². The number of ether oxygens (including phenoxy) is 3. The molecule has 164 valence electrons. The molecule has 8 heteroatoms. The van der Waals surface area contributed by atoms with E-state index in [2.05, 4.69) is 15.0 Å². The summed E-state index contributed by atoms with van der Waals surface area (Å²) in [6.07, 6.45) is 4.65. The van der Waals surface area contributed by atoms with Gasteiger partial charge in [0.1, 0.15) is 23.1 Å². The van der Waals surface area contributed by atoms with E-state index >= 15 is 0 Å². The molecule has 0 fully saturated rings. The van der Waals surface area contributed by atoms with Gasteiger partial charge in [0.15, 0.2) is 11.5 Å². The van der Waals surface area contributed by atoms with Crippen LogP contribution in [0.4, 0.5) is 0 Å². The topological polar surface area (TPSA) is 106 Å². The van der Waals surface area contributed by atoms with Crippen molar-refractivity contribution in [3.8, 4) is 17.2 Å². The van der Waals surface area contributed by atoms with E-state index in [1.807, 2.05) is 30.3 Å². The largest absolute Gasteiger partial charge is 0.487 e. The maximum Gasteiger partial charge on any atom is 0.272 e. The molecule has 5 rings (SSSR count). The molecule has 1 aliphatic heterocycles. The van der Waals surface area contributed by atoms with E-state index in [1.165, 1.54) is 6.08 Å². The van der Waals surface area contributed by atoms with Gasteiger partial charge in [0, 0.05) is 0 Å². The first-order chi connectivity index (χ1) is 16.1. The number of fused-ring (bicyclic) bond motifs is 1. The number of nitrogens with one attached hydrogen (secondary N) is 2. The molecule has 33 heavy (non-hydrogen) atoms. The Hall–Kier alpha value is -4.59. The van der Waals surface area contributed by atoms with E-state index in [4.69, 9.17) is 14.2 Å². The van der Waals surface area contributed by atoms with Crippen molar-refractivity contribution in [3.05, 3.63) is 115 Å². The predicted molar refractivity (Wildman–Crippen MR) is 122 cm³/mol. The third kappa shape index (κ3) is 4.69. The van der Waals surface area contributed by atoms with Crippen LogP contribution in [0.15, 0.2) is 76.4 Å². The lowest BCUT2D eigenvalue weighted by Gasteiger charge is -2.05. The molecule has 0 aliphatic carbocycles. The first-order valence-corrected chi connectivity index (χ1v) is 10.2. The molecule has 2 aromatic carbocycles. The molecular formula is C25H19N3O5. The molecule has 2 N–H and O–H groups in total. The molecule has 0 unspecified atom stereocenters. The fraction of sp³-hybridized carbons (Fsp3) is 0.0800. The fourth-order valence-electron chi connectivity index (χ4n) is 3.32. The van der Waals surface area contributed by atoms with Crippen LogP contribution in [0.2, 0.25) is 0 Å². The third-order valence-corrected chi connectivity index (χ3v) is 4.99. The number of aromatic nitrogens is 3. The van der Waals surface area contributed by atoms with Gasteiger partial charge in [-0.25, -0.2) is 0 Å². The standard InChI is InChI=1S/C25H19N3O5/c29-24-20(10-17-6-9-22-23(11-17)33-15-32-22)27-25(30)21(28-24)12-18-7-8-19(13-26-18)31-14-16-4-2-1-3-5-16/h1-13H,14-15H2,(H,27,30)(H,28,29)/b20-10+,21-12+. The minimum Gasteiger partial charge on any atom is -0.487 e. The van der Waals surface area contributed by atoms with Crippen molar-refractivity contribution >= 4 is 12.2 Å². The monoisotopic (exact) mass is 441 g/mol. The number of aromatic amines is 2. The summed E-state index contributed by atoms with van der Waals surface area (Å²) in [5, 5.41) is 0.238. The van der Waals surface area contributed by atoms with Gasteiger partial charge in [-0.2, -0.15) is 0 Å². The van der Waals surface area contributed by atoms with Crippen LogP contribution in [-0.2, 0) is 6.61 Å². The van der Waals surface area contributed by atoms with Crippen molar-refractivity contribution in [2.75, 3.05) is 6.79 Å². The molecule has 8 nitrogen and oxygen atoms in total. The summed E-state index contributed by atoms with van der Waals surface area (Å²) >= 11 is 0. The lowest BCUT2D eigenvalue weighted by atomic mass is 10.2. The second-order valence-corrected chi connectivity index (χ2v) is 7.33. The van der Waals surface area contributed by atoms with Crippen molar-refractivity contribution in [1.29, 1.82) is 0 Å². The summed E-state index contributed by atoms with van der Waals surface area (Å²) < 4.78 is 16.3. The number of benzene rings is 2. The molecule has 3 heterocycles. The Balaban J connectivity index is 1.37. The molecule has 1 aliphatic rings. The van der Waals surface area contributed by atoms with Gasteiger partial charge in [0.25, 0.3) is 11.1 Å². The van der Waals surface area contributed by atoms with Crippen molar-refractivity contribution in [1.82, 2.24) is 15.0 Å². The molecule has 0 radical (unpaired) electrons. The SMILES string of the molecule is O=c1[nH]/c(=C/c2ccc(OCc3ccccc3)cn2)c(=O)[nH]/c1=C/c1ccc2c(c1)OCO2. The van der Waals surface area contributed by atoms with E-state index in [9.17, 15) is 9.59 Å². The second-order valence-electron chi connectivity index (χ2n) is 7.33. The number of pyridine rings is 1. The molecular weight excluding hydrogens is 422 g/mol. The molecule has 0 bridgehead atoms. The normalized spacial score (nSPS) is 13.3. The fourth-order valence-corrected chi connectivity index (χ4v) is 3.32. The zero-order chi connectivity index (χ0) is 22.6. The zero-order valence-corrected chi connectivity index (χ0v) is 17.4. The van der Waals surface area contributed by atoms with Crippen LogP contribution in [0.1, 0.15) is 16.8 Å². The van der Waals surface area contributed by atoms with Gasteiger partial charge >= 0.3 is 0 Å². The highest BCUT2D eigenvalue weighted by Crippen LogP contribution is 2.32. The van der Waals surface area contributed by atoms with E-state index in [1.54, 1.807) is 42.6 Å². The molecule has 4 aromatic rings. The summed E-state index contributed by atoms with van der Waals surface area (Å²) in [5.41, 5.74) is 1.39. The average Bonchev–Trinajstić information content (AvgIpc) is 3.30. The Morgan fingerprint density at radius 2 is 1.64 bits per heavy atom. The molecule has 0 saturated heterocycles. The third-order valence-electron chi connectivity index (χ3n) is 4.99. The maximum atomic E-state index is 12.5. The van der Waals surface area contributed by atoms with Crippen LogP contribution in [0.25, 0.3) is 12.2 Å². The number of H-pyrrole nitrogens is 2. The lowest BCUT2D eigenvalue weighted by Crippen LogP contribution is -2.46. The summed E-state index contributed by atoms with van der Waals surface area (Å²) in [5.74, 6) is 1.84. The van der Waals surface area contributed by atoms with E-state index in [0.29, 0.717) is 35.1 Å². The number of nitrogens with zero attached hydrogens (tertiary/aromatic N) is 1. The average molecular weight is 441 g/mol. The maximum absolute atomic E-state index is 12.5. The van der Waals surface area contributed by atoms with Gasteiger partial charge in [-0.1, -0.05) is 36.4 Å². The molecule has 0 spiro atoms. The van der Waals surface area contributed by atoms with Crippen molar-refractivity contribution in [3.63, 3.8) is 0 Å². The highest BCUT2D eigenvalue weighted by Gasteiger charge is 2.12. The Morgan fingerprint density at radius 1 is 0.879 bits per heavy atom. The van der Waals surface area contributed by atoms with Gasteiger partial charge in [-0.15, -0.1) is 0 Å². The zero-order valence-electron chi connectivity index (χ0n) is 17.4. The van der Waals surface area contributed by atoms with Gasteiger partial charge < -0.3 is 24.2 Å². The predicted octanol–water partition coefficient (Wildman–Crippen LogP) is 1.42. The summed E-state index contributed by atoms with van der Waals surface area (Å²) in [6, 6.07) is 18.5. The van der Waals surface area contributed by atoms with Gasteiger partial charge in [-0.05, 0) is 47.5 Å². The van der Waals surface area contributed by atoms with Gasteiger partial charge in [0.05, 0.1) is 11.9 Å².